The molecule has 0 bridgehead atoms. The minimum atomic E-state index is -0.558. The van der Waals surface area contributed by atoms with Gasteiger partial charge in [0, 0.05) is 22.6 Å². The highest BCUT2D eigenvalue weighted by atomic mass is 16.5. The molecule has 0 atom stereocenters. The topological polar surface area (TPSA) is 75.3 Å². The molecule has 1 amide bonds. The van der Waals surface area contributed by atoms with Crippen molar-refractivity contribution in [1.29, 1.82) is 0 Å². The third-order valence-electron chi connectivity index (χ3n) is 5.13. The summed E-state index contributed by atoms with van der Waals surface area (Å²) in [5.41, 5.74) is 4.58. The van der Waals surface area contributed by atoms with Gasteiger partial charge in [-0.3, -0.25) is 9.69 Å². The molecule has 6 heteroatoms. The van der Waals surface area contributed by atoms with Crippen molar-refractivity contribution in [2.45, 2.75) is 13.8 Å². The molecule has 0 saturated carbocycles. The summed E-state index contributed by atoms with van der Waals surface area (Å²) < 4.78 is 5.33. The van der Waals surface area contributed by atoms with E-state index in [1.807, 2.05) is 74.5 Å². The quantitative estimate of drug-likeness (QED) is 0.430. The molecule has 160 valence electrons. The Morgan fingerprint density at radius 3 is 1.91 bits per heavy atom. The van der Waals surface area contributed by atoms with Gasteiger partial charge in [0.2, 0.25) is 0 Å². The standard InChI is InChI=1S/C26H23N3O3/c1-18-19(2)28-25(27-18)20-13-15-21(16-14-20)26(31)32-17-24(30)29(22-9-5-3-6-10-22)23-11-7-4-8-12-23/h3-16H,17H2,1-2H3,(H,27,28). The molecule has 0 fully saturated rings. The molecule has 0 spiro atoms. The second kappa shape index (κ2) is 9.31. The molecular formula is C26H23N3O3. The van der Waals surface area contributed by atoms with Gasteiger partial charge in [-0.2, -0.15) is 0 Å². The van der Waals surface area contributed by atoms with Crippen LogP contribution < -0.4 is 4.90 Å². The minimum Gasteiger partial charge on any atom is -0.452 e. The van der Waals surface area contributed by atoms with Gasteiger partial charge >= 0.3 is 5.97 Å². The number of aromatic amines is 1. The monoisotopic (exact) mass is 425 g/mol. The lowest BCUT2D eigenvalue weighted by Gasteiger charge is -2.22. The number of nitrogens with one attached hydrogen (secondary N) is 1. The number of anilines is 2. The number of hydrogen-bond acceptors (Lipinski definition) is 4. The number of aromatic nitrogens is 2. The molecule has 32 heavy (non-hydrogen) atoms. The largest absolute Gasteiger partial charge is 0.452 e. The first-order valence-electron chi connectivity index (χ1n) is 10.3. The number of imidazole rings is 1. The van der Waals surface area contributed by atoms with E-state index in [9.17, 15) is 9.59 Å². The van der Waals surface area contributed by atoms with Gasteiger partial charge in [-0.25, -0.2) is 9.78 Å². The van der Waals surface area contributed by atoms with E-state index in [-0.39, 0.29) is 12.5 Å². The van der Waals surface area contributed by atoms with Crippen LogP contribution in [0, 0.1) is 13.8 Å². The molecule has 0 aliphatic heterocycles. The lowest BCUT2D eigenvalue weighted by Crippen LogP contribution is -2.30. The SMILES string of the molecule is Cc1nc(-c2ccc(C(=O)OCC(=O)N(c3ccccc3)c3ccccc3)cc2)[nH]c1C. The Kier molecular flexibility index (Phi) is 6.12. The van der Waals surface area contributed by atoms with Crippen molar-refractivity contribution in [3.63, 3.8) is 0 Å². The zero-order valence-corrected chi connectivity index (χ0v) is 17.9. The fourth-order valence-electron chi connectivity index (χ4n) is 3.31. The predicted octanol–water partition coefficient (Wildman–Crippen LogP) is 5.22. The van der Waals surface area contributed by atoms with Crippen molar-refractivity contribution in [3.8, 4) is 11.4 Å². The summed E-state index contributed by atoms with van der Waals surface area (Å²) in [6.45, 7) is 3.52. The van der Waals surface area contributed by atoms with Crippen LogP contribution >= 0.6 is 0 Å². The Bertz CT molecular complexity index is 1160. The van der Waals surface area contributed by atoms with Crippen LogP contribution in [0.1, 0.15) is 21.7 Å². The van der Waals surface area contributed by atoms with Crippen LogP contribution in [0.3, 0.4) is 0 Å². The van der Waals surface area contributed by atoms with Crippen LogP contribution in [-0.4, -0.2) is 28.5 Å². The molecule has 4 aromatic rings. The zero-order chi connectivity index (χ0) is 22.5. The average molecular weight is 425 g/mol. The normalized spacial score (nSPS) is 10.6. The molecule has 1 heterocycles. The van der Waals surface area contributed by atoms with Gasteiger partial charge in [0.1, 0.15) is 5.82 Å². The van der Waals surface area contributed by atoms with E-state index in [2.05, 4.69) is 9.97 Å². The van der Waals surface area contributed by atoms with E-state index < -0.39 is 5.97 Å². The van der Waals surface area contributed by atoms with Gasteiger partial charge in [0.25, 0.3) is 5.91 Å². The number of benzene rings is 3. The maximum Gasteiger partial charge on any atom is 0.338 e. The van der Waals surface area contributed by atoms with Crippen LogP contribution in [0.5, 0.6) is 0 Å². The van der Waals surface area contributed by atoms with Gasteiger partial charge in [0.05, 0.1) is 11.3 Å². The molecule has 0 saturated heterocycles. The summed E-state index contributed by atoms with van der Waals surface area (Å²) in [7, 11) is 0. The van der Waals surface area contributed by atoms with Crippen LogP contribution in [0.4, 0.5) is 11.4 Å². The van der Waals surface area contributed by atoms with Crippen LogP contribution in [0.25, 0.3) is 11.4 Å². The lowest BCUT2D eigenvalue weighted by molar-refractivity contribution is -0.120. The number of amides is 1. The molecule has 1 aromatic heterocycles. The van der Waals surface area contributed by atoms with Crippen molar-refractivity contribution in [2.75, 3.05) is 11.5 Å². The molecule has 4 rings (SSSR count). The Morgan fingerprint density at radius 2 is 1.41 bits per heavy atom. The van der Waals surface area contributed by atoms with E-state index in [4.69, 9.17) is 4.74 Å². The molecule has 0 unspecified atom stereocenters. The molecule has 0 aliphatic carbocycles. The Morgan fingerprint density at radius 1 is 0.844 bits per heavy atom. The average Bonchev–Trinajstić information content (AvgIpc) is 3.17. The number of aryl methyl sites for hydroxylation is 2. The van der Waals surface area contributed by atoms with Crippen LogP contribution in [-0.2, 0) is 9.53 Å². The van der Waals surface area contributed by atoms with E-state index in [1.165, 1.54) is 4.90 Å². The molecular weight excluding hydrogens is 402 g/mol. The van der Waals surface area contributed by atoms with E-state index >= 15 is 0 Å². The molecule has 6 nitrogen and oxygen atoms in total. The number of carbonyl (C=O) groups excluding carboxylic acids is 2. The highest BCUT2D eigenvalue weighted by molar-refractivity contribution is 6.02. The number of hydrogen-bond donors (Lipinski definition) is 1. The van der Waals surface area contributed by atoms with Gasteiger partial charge < -0.3 is 9.72 Å². The maximum absolute atomic E-state index is 13.0. The number of para-hydroxylation sites is 2. The van der Waals surface area contributed by atoms with Gasteiger partial charge in [0.15, 0.2) is 6.61 Å². The number of carbonyl (C=O) groups is 2. The maximum atomic E-state index is 13.0. The Labute approximate surface area is 186 Å². The smallest absolute Gasteiger partial charge is 0.338 e. The number of rotatable bonds is 6. The summed E-state index contributed by atoms with van der Waals surface area (Å²) in [5, 5.41) is 0. The zero-order valence-electron chi connectivity index (χ0n) is 17.9. The minimum absolute atomic E-state index is 0.339. The fourth-order valence-corrected chi connectivity index (χ4v) is 3.31. The first-order valence-corrected chi connectivity index (χ1v) is 10.3. The summed E-state index contributed by atoms with van der Waals surface area (Å²) in [6.07, 6.45) is 0. The highest BCUT2D eigenvalue weighted by Gasteiger charge is 2.20. The van der Waals surface area contributed by atoms with Crippen LogP contribution in [0.2, 0.25) is 0 Å². The van der Waals surface area contributed by atoms with Crippen molar-refractivity contribution < 1.29 is 14.3 Å². The summed E-state index contributed by atoms with van der Waals surface area (Å²) in [5.74, 6) is -0.150. The summed E-state index contributed by atoms with van der Waals surface area (Å²) in [6, 6.07) is 25.5. The van der Waals surface area contributed by atoms with Gasteiger partial charge in [-0.05, 0) is 50.2 Å². The van der Waals surface area contributed by atoms with Gasteiger partial charge in [-0.15, -0.1) is 0 Å². The Hall–Kier alpha value is -4.19. The van der Waals surface area contributed by atoms with Crippen molar-refractivity contribution in [2.24, 2.45) is 0 Å². The third-order valence-corrected chi connectivity index (χ3v) is 5.13. The van der Waals surface area contributed by atoms with E-state index in [0.29, 0.717) is 16.9 Å². The number of ether oxygens (including phenoxy) is 1. The first kappa shape index (κ1) is 21.1. The second-order valence-electron chi connectivity index (χ2n) is 7.35. The predicted molar refractivity (Wildman–Crippen MR) is 124 cm³/mol. The van der Waals surface area contributed by atoms with Crippen molar-refractivity contribution in [1.82, 2.24) is 9.97 Å². The highest BCUT2D eigenvalue weighted by Crippen LogP contribution is 2.25. The fraction of sp³-hybridized carbons (Fsp3) is 0.115. The second-order valence-corrected chi connectivity index (χ2v) is 7.35. The number of nitrogens with zero attached hydrogens (tertiary/aromatic N) is 2. The van der Waals surface area contributed by atoms with E-state index in [1.54, 1.807) is 24.3 Å². The number of H-pyrrole nitrogens is 1. The van der Waals surface area contributed by atoms with Crippen LogP contribution in [0.15, 0.2) is 84.9 Å². The van der Waals surface area contributed by atoms with Gasteiger partial charge in [-0.1, -0.05) is 48.5 Å². The van der Waals surface area contributed by atoms with Crippen molar-refractivity contribution >= 4 is 23.3 Å². The third kappa shape index (κ3) is 4.59. The van der Waals surface area contributed by atoms with E-state index in [0.717, 1.165) is 22.8 Å². The Balaban J connectivity index is 1.46. The summed E-state index contributed by atoms with van der Waals surface area (Å²) >= 11 is 0. The number of esters is 1. The summed E-state index contributed by atoms with van der Waals surface area (Å²) in [4.78, 5) is 34.7. The molecule has 0 radical (unpaired) electrons. The van der Waals surface area contributed by atoms with Crippen molar-refractivity contribution in [3.05, 3.63) is 102 Å². The molecule has 1 N–H and O–H groups in total. The molecule has 0 aliphatic rings. The lowest BCUT2D eigenvalue weighted by atomic mass is 10.1. The first-order chi connectivity index (χ1) is 15.5. The molecule has 3 aromatic carbocycles.